The van der Waals surface area contributed by atoms with Gasteiger partial charge in [0.05, 0.1) is 6.61 Å². The zero-order valence-electron chi connectivity index (χ0n) is 12.2. The third-order valence-electron chi connectivity index (χ3n) is 3.64. The molecule has 0 saturated carbocycles. The van der Waals surface area contributed by atoms with E-state index in [9.17, 15) is 4.79 Å². The molecule has 5 nitrogen and oxygen atoms in total. The number of hydrogen-bond acceptors (Lipinski definition) is 4. The number of piperidine rings is 1. The molecule has 1 fully saturated rings. The second-order valence-electron chi connectivity index (χ2n) is 5.20. The molecule has 0 radical (unpaired) electrons. The lowest BCUT2D eigenvalue weighted by atomic mass is 10.0. The number of likely N-dealkylation sites (tertiary alicyclic amines) is 1. The van der Waals surface area contributed by atoms with Gasteiger partial charge in [0.2, 0.25) is 0 Å². The fraction of sp³-hybridized carbons (Fsp3) is 0.533. The SMILES string of the molecule is CCOc1cccc(N)c1C(=O)NC1CCN(C)CC1. The number of anilines is 1. The molecule has 1 aliphatic heterocycles. The smallest absolute Gasteiger partial charge is 0.257 e. The molecular formula is C15H23N3O2. The molecule has 1 aromatic rings. The first-order valence-electron chi connectivity index (χ1n) is 7.12. The zero-order chi connectivity index (χ0) is 14.5. The molecule has 1 saturated heterocycles. The van der Waals surface area contributed by atoms with Crippen LogP contribution in [0.3, 0.4) is 0 Å². The third-order valence-corrected chi connectivity index (χ3v) is 3.64. The van der Waals surface area contributed by atoms with Gasteiger partial charge < -0.3 is 20.7 Å². The van der Waals surface area contributed by atoms with Crippen molar-refractivity contribution in [3.8, 4) is 5.75 Å². The summed E-state index contributed by atoms with van der Waals surface area (Å²) < 4.78 is 5.50. The molecule has 5 heteroatoms. The summed E-state index contributed by atoms with van der Waals surface area (Å²) in [5.41, 5.74) is 6.84. The minimum atomic E-state index is -0.138. The first-order chi connectivity index (χ1) is 9.61. The first-order valence-corrected chi connectivity index (χ1v) is 7.12. The van der Waals surface area contributed by atoms with Gasteiger partial charge in [0.25, 0.3) is 5.91 Å². The maximum Gasteiger partial charge on any atom is 0.257 e. The molecule has 2 rings (SSSR count). The van der Waals surface area contributed by atoms with Gasteiger partial charge in [0, 0.05) is 11.7 Å². The van der Waals surface area contributed by atoms with Gasteiger partial charge >= 0.3 is 0 Å². The van der Waals surface area contributed by atoms with Gasteiger partial charge in [-0.15, -0.1) is 0 Å². The molecule has 0 atom stereocenters. The van der Waals surface area contributed by atoms with Crippen LogP contribution in [-0.4, -0.2) is 43.6 Å². The standard InChI is InChI=1S/C15H23N3O2/c1-3-20-13-6-4-5-12(16)14(13)15(19)17-11-7-9-18(2)10-8-11/h4-6,11H,3,7-10,16H2,1-2H3,(H,17,19). The minimum absolute atomic E-state index is 0.138. The number of carbonyl (C=O) groups excluding carboxylic acids is 1. The van der Waals surface area contributed by atoms with Crippen molar-refractivity contribution in [1.29, 1.82) is 0 Å². The summed E-state index contributed by atoms with van der Waals surface area (Å²) in [5.74, 6) is 0.416. The average Bonchev–Trinajstić information content (AvgIpc) is 2.42. The van der Waals surface area contributed by atoms with E-state index in [1.807, 2.05) is 6.92 Å². The number of nitrogens with one attached hydrogen (secondary N) is 1. The van der Waals surface area contributed by atoms with Gasteiger partial charge in [-0.2, -0.15) is 0 Å². The Bertz CT molecular complexity index is 468. The second-order valence-corrected chi connectivity index (χ2v) is 5.20. The molecule has 0 aliphatic carbocycles. The Morgan fingerprint density at radius 1 is 1.45 bits per heavy atom. The van der Waals surface area contributed by atoms with Gasteiger partial charge in [-0.25, -0.2) is 0 Å². The van der Waals surface area contributed by atoms with Gasteiger partial charge in [0.15, 0.2) is 0 Å². The number of amides is 1. The first kappa shape index (κ1) is 14.7. The van der Waals surface area contributed by atoms with Crippen molar-refractivity contribution >= 4 is 11.6 Å². The lowest BCUT2D eigenvalue weighted by Crippen LogP contribution is -2.43. The highest BCUT2D eigenvalue weighted by Crippen LogP contribution is 2.25. The Kier molecular flexibility index (Phi) is 4.84. The van der Waals surface area contributed by atoms with Crippen LogP contribution in [0.1, 0.15) is 30.1 Å². The van der Waals surface area contributed by atoms with Crippen LogP contribution in [0.2, 0.25) is 0 Å². The van der Waals surface area contributed by atoms with Crippen molar-refractivity contribution in [3.05, 3.63) is 23.8 Å². The monoisotopic (exact) mass is 277 g/mol. The number of hydrogen-bond donors (Lipinski definition) is 2. The summed E-state index contributed by atoms with van der Waals surface area (Å²) in [6.45, 7) is 4.42. The predicted molar refractivity (Wildman–Crippen MR) is 80.0 cm³/mol. The van der Waals surface area contributed by atoms with E-state index in [0.717, 1.165) is 25.9 Å². The highest BCUT2D eigenvalue weighted by Gasteiger charge is 2.22. The van der Waals surface area contributed by atoms with Crippen molar-refractivity contribution in [2.45, 2.75) is 25.8 Å². The molecule has 0 unspecified atom stereocenters. The molecule has 1 amide bonds. The lowest BCUT2D eigenvalue weighted by Gasteiger charge is -2.29. The van der Waals surface area contributed by atoms with E-state index in [1.165, 1.54) is 0 Å². The van der Waals surface area contributed by atoms with Crippen molar-refractivity contribution < 1.29 is 9.53 Å². The van der Waals surface area contributed by atoms with Crippen LogP contribution < -0.4 is 15.8 Å². The molecular weight excluding hydrogens is 254 g/mol. The molecule has 0 bridgehead atoms. The number of carbonyl (C=O) groups is 1. The molecule has 1 heterocycles. The molecule has 1 aromatic carbocycles. The van der Waals surface area contributed by atoms with Crippen LogP contribution in [0.15, 0.2) is 18.2 Å². The predicted octanol–water partition coefficient (Wildman–Crippen LogP) is 1.49. The second kappa shape index (κ2) is 6.61. The Morgan fingerprint density at radius 3 is 2.80 bits per heavy atom. The summed E-state index contributed by atoms with van der Waals surface area (Å²) in [6, 6.07) is 5.52. The quantitative estimate of drug-likeness (QED) is 0.818. The van der Waals surface area contributed by atoms with E-state index in [1.54, 1.807) is 18.2 Å². The number of benzene rings is 1. The Labute approximate surface area is 120 Å². The third kappa shape index (κ3) is 3.42. The van der Waals surface area contributed by atoms with E-state index in [2.05, 4.69) is 17.3 Å². The van der Waals surface area contributed by atoms with Gasteiger partial charge in [-0.3, -0.25) is 4.79 Å². The summed E-state index contributed by atoms with van der Waals surface area (Å²) in [6.07, 6.45) is 1.94. The van der Waals surface area contributed by atoms with Crippen molar-refractivity contribution in [3.63, 3.8) is 0 Å². The number of nitrogens with two attached hydrogens (primary N) is 1. The van der Waals surface area contributed by atoms with Crippen molar-refractivity contribution in [2.75, 3.05) is 32.5 Å². The largest absolute Gasteiger partial charge is 0.493 e. The van der Waals surface area contributed by atoms with Crippen LogP contribution >= 0.6 is 0 Å². The van der Waals surface area contributed by atoms with E-state index in [4.69, 9.17) is 10.5 Å². The van der Waals surface area contributed by atoms with E-state index >= 15 is 0 Å². The van der Waals surface area contributed by atoms with Gasteiger partial charge in [0.1, 0.15) is 11.3 Å². The summed E-state index contributed by atoms with van der Waals surface area (Å²) in [7, 11) is 2.10. The normalized spacial score (nSPS) is 16.9. The molecule has 0 aromatic heterocycles. The van der Waals surface area contributed by atoms with Crippen LogP contribution in [0.5, 0.6) is 5.75 Å². The van der Waals surface area contributed by atoms with Gasteiger partial charge in [-0.1, -0.05) is 6.07 Å². The number of nitrogen functional groups attached to an aromatic ring is 1. The molecule has 3 N–H and O–H groups in total. The minimum Gasteiger partial charge on any atom is -0.493 e. The van der Waals surface area contributed by atoms with Crippen molar-refractivity contribution in [1.82, 2.24) is 10.2 Å². The number of rotatable bonds is 4. The summed E-state index contributed by atoms with van der Waals surface area (Å²) >= 11 is 0. The zero-order valence-corrected chi connectivity index (χ0v) is 12.2. The summed E-state index contributed by atoms with van der Waals surface area (Å²) in [4.78, 5) is 14.7. The highest BCUT2D eigenvalue weighted by atomic mass is 16.5. The molecule has 0 spiro atoms. The van der Waals surface area contributed by atoms with E-state index in [-0.39, 0.29) is 11.9 Å². The molecule has 20 heavy (non-hydrogen) atoms. The van der Waals surface area contributed by atoms with Crippen molar-refractivity contribution in [2.24, 2.45) is 0 Å². The maximum atomic E-state index is 12.4. The highest BCUT2D eigenvalue weighted by molar-refractivity contribution is 6.02. The molecule has 1 aliphatic rings. The number of ether oxygens (including phenoxy) is 1. The van der Waals surface area contributed by atoms with Crippen LogP contribution in [-0.2, 0) is 0 Å². The number of nitrogens with zero attached hydrogens (tertiary/aromatic N) is 1. The van der Waals surface area contributed by atoms with Crippen LogP contribution in [0.4, 0.5) is 5.69 Å². The van der Waals surface area contributed by atoms with Crippen LogP contribution in [0, 0.1) is 0 Å². The van der Waals surface area contributed by atoms with Gasteiger partial charge in [-0.05, 0) is 52.0 Å². The topological polar surface area (TPSA) is 67.6 Å². The van der Waals surface area contributed by atoms with E-state index in [0.29, 0.717) is 23.6 Å². The van der Waals surface area contributed by atoms with Crippen LogP contribution in [0.25, 0.3) is 0 Å². The Balaban J connectivity index is 2.08. The van der Waals surface area contributed by atoms with E-state index < -0.39 is 0 Å². The average molecular weight is 277 g/mol. The fourth-order valence-electron chi connectivity index (χ4n) is 2.48. The fourth-order valence-corrected chi connectivity index (χ4v) is 2.48. The maximum absolute atomic E-state index is 12.4. The summed E-state index contributed by atoms with van der Waals surface area (Å²) in [5, 5.41) is 3.07. The lowest BCUT2D eigenvalue weighted by molar-refractivity contribution is 0.0914. The Morgan fingerprint density at radius 2 is 2.15 bits per heavy atom. The Hall–Kier alpha value is -1.75. The molecule has 110 valence electrons.